The maximum absolute atomic E-state index is 11.6. The maximum atomic E-state index is 11.6. The van der Waals surface area contributed by atoms with Crippen LogP contribution in [0, 0.1) is 26.7 Å². The molecular formula is C27H34N6OS. The zero-order valence-electron chi connectivity index (χ0n) is 21.2. The monoisotopic (exact) mass is 490 g/mol. The number of pyridine rings is 1. The molecular weight excluding hydrogens is 456 g/mol. The molecule has 4 aromatic rings. The van der Waals surface area contributed by atoms with Crippen molar-refractivity contribution in [2.75, 3.05) is 13.1 Å². The normalized spacial score (nSPS) is 22.7. The summed E-state index contributed by atoms with van der Waals surface area (Å²) in [7, 11) is 0. The molecule has 3 atom stereocenters. The summed E-state index contributed by atoms with van der Waals surface area (Å²) in [5, 5.41) is 5.83. The minimum Gasteiger partial charge on any atom is -0.369 e. The van der Waals surface area contributed by atoms with Crippen LogP contribution in [0.25, 0.3) is 27.1 Å². The molecule has 3 aliphatic rings. The summed E-state index contributed by atoms with van der Waals surface area (Å²) in [5.74, 6) is 1.35. The number of hydrogen-bond acceptors (Lipinski definition) is 5. The minimum atomic E-state index is -0.210. The van der Waals surface area contributed by atoms with E-state index in [4.69, 9.17) is 5.73 Å². The number of hydrogen-bond donors (Lipinski definition) is 2. The first kappa shape index (κ1) is 22.7. The number of nitrogens with two attached hydrogens (primary N) is 1. The van der Waals surface area contributed by atoms with E-state index >= 15 is 0 Å². The van der Waals surface area contributed by atoms with Crippen LogP contribution in [-0.4, -0.2) is 49.5 Å². The van der Waals surface area contributed by atoms with Crippen molar-refractivity contribution in [3.8, 4) is 11.3 Å². The van der Waals surface area contributed by atoms with E-state index in [0.29, 0.717) is 30.3 Å². The number of fused-ring (bicyclic) bond motifs is 5. The van der Waals surface area contributed by atoms with Crippen LogP contribution in [0.15, 0.2) is 12.5 Å². The predicted octanol–water partition coefficient (Wildman–Crippen LogP) is 5.04. The fourth-order valence-corrected chi connectivity index (χ4v) is 8.21. The number of primary amides is 1. The molecule has 1 aliphatic carbocycles. The molecule has 4 aromatic heterocycles. The summed E-state index contributed by atoms with van der Waals surface area (Å²) in [6.07, 6.45) is 7.31. The summed E-state index contributed by atoms with van der Waals surface area (Å²) < 4.78 is 1.89. The van der Waals surface area contributed by atoms with Gasteiger partial charge in [0.05, 0.1) is 12.2 Å². The van der Waals surface area contributed by atoms with Gasteiger partial charge in [0.2, 0.25) is 5.91 Å². The summed E-state index contributed by atoms with van der Waals surface area (Å²) >= 11 is 1.95. The maximum Gasteiger partial charge on any atom is 0.231 e. The van der Waals surface area contributed by atoms with Crippen LogP contribution < -0.4 is 5.73 Å². The Bertz CT molecular complexity index is 1460. The lowest BCUT2D eigenvalue weighted by Crippen LogP contribution is -2.53. The second-order valence-electron chi connectivity index (χ2n) is 10.9. The van der Waals surface area contributed by atoms with Crippen LogP contribution in [0.2, 0.25) is 0 Å². The number of amides is 1. The molecule has 0 radical (unpaired) electrons. The topological polar surface area (TPSA) is 92.3 Å². The molecule has 0 aromatic carbocycles. The van der Waals surface area contributed by atoms with Crippen molar-refractivity contribution in [2.24, 2.45) is 11.7 Å². The van der Waals surface area contributed by atoms with E-state index in [0.717, 1.165) is 18.6 Å². The van der Waals surface area contributed by atoms with Gasteiger partial charge in [0.25, 0.3) is 0 Å². The summed E-state index contributed by atoms with van der Waals surface area (Å²) in [5.41, 5.74) is 14.1. The fraction of sp³-hybridized carbons (Fsp3) is 0.519. The average molecular weight is 491 g/mol. The highest BCUT2D eigenvalue weighted by molar-refractivity contribution is 7.19. The molecule has 2 saturated heterocycles. The first-order valence-corrected chi connectivity index (χ1v) is 13.5. The van der Waals surface area contributed by atoms with E-state index in [9.17, 15) is 4.79 Å². The van der Waals surface area contributed by atoms with Crippen molar-refractivity contribution in [2.45, 2.75) is 71.8 Å². The van der Waals surface area contributed by atoms with Gasteiger partial charge in [0, 0.05) is 34.6 Å². The first-order chi connectivity index (χ1) is 16.7. The zero-order valence-corrected chi connectivity index (χ0v) is 22.0. The van der Waals surface area contributed by atoms with Crippen LogP contribution in [0.4, 0.5) is 0 Å². The Balaban J connectivity index is 1.44. The number of thiophene rings is 1. The Kier molecular flexibility index (Phi) is 5.30. The van der Waals surface area contributed by atoms with Crippen LogP contribution in [-0.2, 0) is 4.79 Å². The molecule has 0 unspecified atom stereocenters. The third kappa shape index (κ3) is 3.44. The van der Waals surface area contributed by atoms with E-state index in [1.54, 1.807) is 6.33 Å². The Labute approximate surface area is 209 Å². The van der Waals surface area contributed by atoms with Crippen LogP contribution in [0.3, 0.4) is 0 Å². The molecule has 6 heterocycles. The molecule has 35 heavy (non-hydrogen) atoms. The molecule has 184 valence electrons. The lowest BCUT2D eigenvalue weighted by molar-refractivity contribution is -0.121. The van der Waals surface area contributed by atoms with Gasteiger partial charge in [-0.05, 0) is 80.0 Å². The Morgan fingerprint density at radius 1 is 1.23 bits per heavy atom. The van der Waals surface area contributed by atoms with Gasteiger partial charge in [-0.3, -0.25) is 9.69 Å². The van der Waals surface area contributed by atoms with Crippen molar-refractivity contribution in [1.29, 1.82) is 0 Å². The van der Waals surface area contributed by atoms with E-state index < -0.39 is 0 Å². The van der Waals surface area contributed by atoms with E-state index in [-0.39, 0.29) is 5.91 Å². The Morgan fingerprint density at radius 3 is 2.71 bits per heavy atom. The number of aromatic nitrogens is 4. The van der Waals surface area contributed by atoms with Gasteiger partial charge in [0.15, 0.2) is 5.65 Å². The number of nitrogens with one attached hydrogen (secondary N) is 1. The van der Waals surface area contributed by atoms with Gasteiger partial charge in [-0.1, -0.05) is 13.8 Å². The second-order valence-corrected chi connectivity index (χ2v) is 12.0. The van der Waals surface area contributed by atoms with Gasteiger partial charge in [-0.15, -0.1) is 11.3 Å². The molecule has 1 saturated carbocycles. The van der Waals surface area contributed by atoms with Gasteiger partial charge >= 0.3 is 0 Å². The van der Waals surface area contributed by atoms with Gasteiger partial charge in [0.1, 0.15) is 11.2 Å². The summed E-state index contributed by atoms with van der Waals surface area (Å²) in [6.45, 7) is 12.6. The molecule has 3 N–H and O–H groups in total. The number of aryl methyl sites for hydroxylation is 2. The van der Waals surface area contributed by atoms with Gasteiger partial charge < -0.3 is 10.7 Å². The van der Waals surface area contributed by atoms with Gasteiger partial charge in [-0.25, -0.2) is 9.50 Å². The summed E-state index contributed by atoms with van der Waals surface area (Å²) in [4.78, 5) is 25.0. The highest BCUT2D eigenvalue weighted by atomic mass is 32.1. The van der Waals surface area contributed by atoms with E-state index in [2.05, 4.69) is 60.8 Å². The molecule has 2 aliphatic heterocycles. The van der Waals surface area contributed by atoms with Crippen molar-refractivity contribution in [3.63, 3.8) is 0 Å². The van der Waals surface area contributed by atoms with E-state index in [1.807, 2.05) is 15.9 Å². The Morgan fingerprint density at radius 2 is 2.03 bits per heavy atom. The first-order valence-electron chi connectivity index (χ1n) is 12.7. The number of carbonyl (C=O) groups is 1. The highest BCUT2D eigenvalue weighted by Gasteiger charge is 2.42. The number of rotatable bonds is 5. The second kappa shape index (κ2) is 8.17. The molecule has 2 bridgehead atoms. The predicted molar refractivity (Wildman–Crippen MR) is 141 cm³/mol. The Hall–Kier alpha value is -2.71. The third-order valence-corrected chi connectivity index (χ3v) is 9.92. The van der Waals surface area contributed by atoms with Crippen LogP contribution >= 0.6 is 11.3 Å². The standard InChI is InChI=1S/C27H34N6OS/c1-13(2)22-23-16(5)25(19-8-18-7-6-17(19)9-32(18)11-21(28)34)35-27(23)31-24(22)20-10-33-26(29-12-30-33)15(4)14(20)3/h10,12-13,17-19,31H,6-9,11H2,1-5H3,(H2,28,34)/t17-,18-,19-/m0/s1. The third-order valence-electron chi connectivity index (χ3n) is 8.58. The van der Waals surface area contributed by atoms with Crippen molar-refractivity contribution >= 4 is 33.1 Å². The molecule has 0 spiro atoms. The molecule has 8 heteroatoms. The van der Waals surface area contributed by atoms with Crippen molar-refractivity contribution in [1.82, 2.24) is 24.5 Å². The fourth-order valence-electron chi connectivity index (χ4n) is 6.77. The van der Waals surface area contributed by atoms with E-state index in [1.165, 1.54) is 61.4 Å². The van der Waals surface area contributed by atoms with Crippen LogP contribution in [0.5, 0.6) is 0 Å². The lowest BCUT2D eigenvalue weighted by Gasteiger charge is -2.49. The zero-order chi connectivity index (χ0) is 24.6. The number of piperidine rings is 2. The minimum absolute atomic E-state index is 0.210. The molecule has 3 fully saturated rings. The molecule has 1 amide bonds. The number of H-pyrrole nitrogens is 1. The SMILES string of the molecule is Cc1c(-c2[nH]c3sc([C@H]4C[C@@H]5CC[C@H]4CN5CC(N)=O)c(C)c3c2C(C)C)cn2ncnc2c1C. The smallest absolute Gasteiger partial charge is 0.231 e. The highest BCUT2D eigenvalue weighted by Crippen LogP contribution is 2.51. The summed E-state index contributed by atoms with van der Waals surface area (Å²) in [6, 6.07) is 0.470. The van der Waals surface area contributed by atoms with Crippen molar-refractivity contribution in [3.05, 3.63) is 39.7 Å². The quantitative estimate of drug-likeness (QED) is 0.410. The lowest BCUT2D eigenvalue weighted by atomic mass is 9.70. The molecule has 7 rings (SSSR count). The number of nitrogens with zero attached hydrogens (tertiary/aromatic N) is 4. The van der Waals surface area contributed by atoms with Gasteiger partial charge in [-0.2, -0.15) is 5.10 Å². The average Bonchev–Trinajstić information content (AvgIpc) is 3.51. The number of carbonyl (C=O) groups excluding carboxylic acids is 1. The number of aromatic amines is 1. The molecule has 7 nitrogen and oxygen atoms in total. The van der Waals surface area contributed by atoms with Crippen LogP contribution in [0.1, 0.15) is 72.1 Å². The van der Waals surface area contributed by atoms with Crippen molar-refractivity contribution < 1.29 is 4.79 Å². The largest absolute Gasteiger partial charge is 0.369 e.